The first-order chi connectivity index (χ1) is 18.9. The van der Waals surface area contributed by atoms with Gasteiger partial charge in [-0.1, -0.05) is 48.6 Å². The van der Waals surface area contributed by atoms with E-state index in [1.165, 1.54) is 18.2 Å². The van der Waals surface area contributed by atoms with Gasteiger partial charge in [-0.15, -0.1) is 0 Å². The number of allylic oxidation sites excluding steroid dienone is 2. The van der Waals surface area contributed by atoms with E-state index in [1.807, 2.05) is 48.5 Å². The summed E-state index contributed by atoms with van der Waals surface area (Å²) < 4.78 is 44.9. The molecule has 5 nitrogen and oxygen atoms in total. The minimum atomic E-state index is -4.42. The molecule has 0 saturated carbocycles. The van der Waals surface area contributed by atoms with Gasteiger partial charge in [0.1, 0.15) is 0 Å². The molecule has 0 bridgehead atoms. The van der Waals surface area contributed by atoms with Crippen LogP contribution in [0.25, 0.3) is 16.3 Å². The molecular weight excluding hydrogens is 503 g/mol. The summed E-state index contributed by atoms with van der Waals surface area (Å²) >= 11 is 0. The Hall–Kier alpha value is -4.43. The molecule has 0 radical (unpaired) electrons. The monoisotopic (exact) mass is 529 g/mol. The second-order valence-corrected chi connectivity index (χ2v) is 9.05. The quantitative estimate of drug-likeness (QED) is 0.223. The van der Waals surface area contributed by atoms with Gasteiger partial charge in [-0.25, -0.2) is 0 Å². The first kappa shape index (κ1) is 26.2. The number of hydrogen-bond acceptors (Lipinski definition) is 4. The molecule has 1 amide bonds. The Balaban J connectivity index is 1.41. The molecule has 0 spiro atoms. The predicted molar refractivity (Wildman–Crippen MR) is 148 cm³/mol. The molecule has 5 rings (SSSR count). The maximum Gasteiger partial charge on any atom is 0.416 e. The van der Waals surface area contributed by atoms with Crippen molar-refractivity contribution in [3.05, 3.63) is 120 Å². The van der Waals surface area contributed by atoms with Crippen molar-refractivity contribution < 1.29 is 22.7 Å². The number of alkyl halides is 3. The fourth-order valence-electron chi connectivity index (χ4n) is 4.51. The Morgan fingerprint density at radius 1 is 0.923 bits per heavy atom. The number of fused-ring (bicyclic) bond motifs is 1. The maximum atomic E-state index is 13.1. The van der Waals surface area contributed by atoms with Gasteiger partial charge in [0.05, 0.1) is 18.8 Å². The largest absolute Gasteiger partial charge is 0.416 e. The minimum absolute atomic E-state index is 0.329. The Labute approximate surface area is 224 Å². The molecule has 1 aliphatic rings. The Morgan fingerprint density at radius 3 is 2.31 bits per heavy atom. The number of carbonyl (C=O) groups is 1. The highest BCUT2D eigenvalue weighted by atomic mass is 19.4. The average Bonchev–Trinajstić information content (AvgIpc) is 2.96. The number of morpholine rings is 1. The molecule has 1 aliphatic heterocycles. The molecular formula is C31H26F3N3O2. The Kier molecular flexibility index (Phi) is 7.74. The zero-order valence-electron chi connectivity index (χ0n) is 21.0. The normalized spacial score (nSPS) is 14.6. The highest BCUT2D eigenvalue weighted by Gasteiger charge is 2.30. The summed E-state index contributed by atoms with van der Waals surface area (Å²) in [5.41, 5.74) is 3.11. The number of pyridine rings is 1. The third-order valence-electron chi connectivity index (χ3n) is 6.53. The maximum absolute atomic E-state index is 13.1. The Bertz CT molecular complexity index is 1500. The van der Waals surface area contributed by atoms with E-state index in [-0.39, 0.29) is 5.91 Å². The molecule has 1 aromatic heterocycles. The highest BCUT2D eigenvalue weighted by Crippen LogP contribution is 2.32. The molecule has 0 atom stereocenters. The number of rotatable bonds is 6. The van der Waals surface area contributed by atoms with Crippen molar-refractivity contribution >= 4 is 33.6 Å². The van der Waals surface area contributed by atoms with Crippen LogP contribution in [-0.2, 0) is 15.7 Å². The van der Waals surface area contributed by atoms with Crippen molar-refractivity contribution in [2.24, 2.45) is 0 Å². The first-order valence-corrected chi connectivity index (χ1v) is 12.5. The number of anilines is 2. The van der Waals surface area contributed by atoms with E-state index in [1.54, 1.807) is 24.5 Å². The number of hydrogen-bond donors (Lipinski definition) is 1. The number of halogens is 3. The van der Waals surface area contributed by atoms with Crippen molar-refractivity contribution in [1.29, 1.82) is 0 Å². The summed E-state index contributed by atoms with van der Waals surface area (Å²) in [4.78, 5) is 19.0. The van der Waals surface area contributed by atoms with E-state index < -0.39 is 11.7 Å². The second kappa shape index (κ2) is 11.5. The van der Waals surface area contributed by atoms with Gasteiger partial charge in [-0.2, -0.15) is 13.2 Å². The van der Waals surface area contributed by atoms with Gasteiger partial charge in [0.2, 0.25) is 5.91 Å². The molecule has 0 unspecified atom stereocenters. The minimum Gasteiger partial charge on any atom is -0.378 e. The van der Waals surface area contributed by atoms with E-state index >= 15 is 0 Å². The van der Waals surface area contributed by atoms with Crippen LogP contribution in [-0.4, -0.2) is 37.2 Å². The SMILES string of the molecule is O=C(/C=C/C=C(/c1ccc(N2CCOCC2)cc1)c1ccc(C(F)(F)F)cc1)Nc1cccc2cnccc12. The number of ether oxygens (including phenoxy) is 1. The van der Waals surface area contributed by atoms with Crippen LogP contribution in [0.1, 0.15) is 16.7 Å². The lowest BCUT2D eigenvalue weighted by atomic mass is 9.96. The van der Waals surface area contributed by atoms with Crippen molar-refractivity contribution in [2.45, 2.75) is 6.18 Å². The number of nitrogens with zero attached hydrogens (tertiary/aromatic N) is 2. The summed E-state index contributed by atoms with van der Waals surface area (Å²) in [6.45, 7) is 2.93. The lowest BCUT2D eigenvalue weighted by Gasteiger charge is -2.29. The summed E-state index contributed by atoms with van der Waals surface area (Å²) in [7, 11) is 0. The molecule has 3 aromatic carbocycles. The van der Waals surface area contributed by atoms with Gasteiger partial charge in [0.25, 0.3) is 0 Å². The lowest BCUT2D eigenvalue weighted by molar-refractivity contribution is -0.137. The molecule has 0 aliphatic carbocycles. The van der Waals surface area contributed by atoms with Gasteiger partial charge in [0.15, 0.2) is 0 Å². The zero-order chi connectivity index (χ0) is 27.2. The summed E-state index contributed by atoms with van der Waals surface area (Å²) in [5, 5.41) is 4.66. The fourth-order valence-corrected chi connectivity index (χ4v) is 4.51. The molecule has 4 aromatic rings. The van der Waals surface area contributed by atoms with Crippen molar-refractivity contribution in [1.82, 2.24) is 4.98 Å². The van der Waals surface area contributed by atoms with Gasteiger partial charge >= 0.3 is 6.18 Å². The van der Waals surface area contributed by atoms with Gasteiger partial charge in [-0.05, 0) is 53.1 Å². The van der Waals surface area contributed by atoms with E-state index in [2.05, 4.69) is 15.2 Å². The molecule has 39 heavy (non-hydrogen) atoms. The Morgan fingerprint density at radius 2 is 1.62 bits per heavy atom. The summed E-state index contributed by atoms with van der Waals surface area (Å²) in [5.74, 6) is -0.329. The van der Waals surface area contributed by atoms with Crippen LogP contribution in [0.4, 0.5) is 24.5 Å². The third kappa shape index (κ3) is 6.35. The average molecular weight is 530 g/mol. The standard InChI is InChI=1S/C31H26F3N3O2/c32-31(33,34)25-11-7-22(8-12-25)27(23-9-13-26(14-10-23)37-17-19-39-20-18-37)4-2-6-30(38)36-29-5-1-3-24-21-35-16-15-28(24)29/h1-16,21H,17-20H2,(H,36,38)/b6-2+,27-4+. The van der Waals surface area contributed by atoms with Gasteiger partial charge in [0, 0.05) is 53.7 Å². The number of amides is 1. The van der Waals surface area contributed by atoms with Crippen molar-refractivity contribution in [3.8, 4) is 0 Å². The second-order valence-electron chi connectivity index (χ2n) is 9.05. The van der Waals surface area contributed by atoms with Crippen molar-refractivity contribution in [2.75, 3.05) is 36.5 Å². The molecule has 1 N–H and O–H groups in total. The van der Waals surface area contributed by atoms with Gasteiger partial charge < -0.3 is 15.0 Å². The lowest BCUT2D eigenvalue weighted by Crippen LogP contribution is -2.36. The van der Waals surface area contributed by atoms with E-state index in [0.717, 1.165) is 47.2 Å². The number of benzene rings is 3. The third-order valence-corrected chi connectivity index (χ3v) is 6.53. The zero-order valence-corrected chi connectivity index (χ0v) is 21.0. The molecule has 2 heterocycles. The van der Waals surface area contributed by atoms with Crippen LogP contribution >= 0.6 is 0 Å². The van der Waals surface area contributed by atoms with Gasteiger partial charge in [-0.3, -0.25) is 9.78 Å². The van der Waals surface area contributed by atoms with E-state index in [0.29, 0.717) is 30.0 Å². The molecule has 198 valence electrons. The summed E-state index contributed by atoms with van der Waals surface area (Å²) in [6.07, 6.45) is 3.70. The first-order valence-electron chi connectivity index (χ1n) is 12.5. The smallest absolute Gasteiger partial charge is 0.378 e. The van der Waals surface area contributed by atoms with Crippen LogP contribution in [0.3, 0.4) is 0 Å². The topological polar surface area (TPSA) is 54.5 Å². The number of aromatic nitrogens is 1. The predicted octanol–water partition coefficient (Wildman–Crippen LogP) is 6.72. The highest BCUT2D eigenvalue weighted by molar-refractivity contribution is 6.06. The molecule has 1 fully saturated rings. The van der Waals surface area contributed by atoms with Crippen molar-refractivity contribution in [3.63, 3.8) is 0 Å². The molecule has 8 heteroatoms. The number of carbonyl (C=O) groups excluding carboxylic acids is 1. The van der Waals surface area contributed by atoms with Crippen LogP contribution in [0.5, 0.6) is 0 Å². The summed E-state index contributed by atoms with van der Waals surface area (Å²) in [6, 6.07) is 20.3. The van der Waals surface area contributed by atoms with Crippen LogP contribution in [0.2, 0.25) is 0 Å². The van der Waals surface area contributed by atoms with E-state index in [4.69, 9.17) is 4.74 Å². The van der Waals surface area contributed by atoms with Crippen LogP contribution in [0.15, 0.2) is 103 Å². The number of nitrogens with one attached hydrogen (secondary N) is 1. The van der Waals surface area contributed by atoms with Crippen LogP contribution < -0.4 is 10.2 Å². The van der Waals surface area contributed by atoms with E-state index in [9.17, 15) is 18.0 Å². The fraction of sp³-hybridized carbons (Fsp3) is 0.161. The van der Waals surface area contributed by atoms with Crippen LogP contribution in [0, 0.1) is 0 Å². The molecule has 1 saturated heterocycles.